The van der Waals surface area contributed by atoms with Gasteiger partial charge in [-0.05, 0) is 68.6 Å². The van der Waals surface area contributed by atoms with Gasteiger partial charge in [0.05, 0.1) is 16.7 Å². The van der Waals surface area contributed by atoms with E-state index in [1.807, 2.05) is 19.1 Å². The molecule has 1 heterocycles. The molecule has 0 radical (unpaired) electrons. The monoisotopic (exact) mass is 434 g/mol. The largest absolute Gasteiger partial charge is 0.481 e. The zero-order valence-corrected chi connectivity index (χ0v) is 18.4. The number of carbonyl (C=O) groups is 2. The fourth-order valence-electron chi connectivity index (χ4n) is 5.64. The van der Waals surface area contributed by atoms with E-state index >= 15 is 0 Å². The highest BCUT2D eigenvalue weighted by molar-refractivity contribution is 7.89. The predicted octanol–water partition coefficient (Wildman–Crippen LogP) is 2.27. The molecule has 0 unspecified atom stereocenters. The lowest BCUT2D eigenvalue weighted by atomic mass is 9.58. The number of aliphatic carboxylic acids is 1. The Morgan fingerprint density at radius 2 is 1.50 bits per heavy atom. The first-order valence-electron chi connectivity index (χ1n) is 10.8. The maximum atomic E-state index is 13.3. The zero-order chi connectivity index (χ0) is 21.6. The molecule has 1 amide bonds. The van der Waals surface area contributed by atoms with E-state index in [9.17, 15) is 23.1 Å². The molecule has 1 aliphatic heterocycles. The van der Waals surface area contributed by atoms with Crippen LogP contribution in [-0.4, -0.2) is 60.8 Å². The molecule has 2 bridgehead atoms. The average Bonchev–Trinajstić information content (AvgIpc) is 2.75. The molecule has 5 rings (SSSR count). The van der Waals surface area contributed by atoms with Crippen molar-refractivity contribution in [2.75, 3.05) is 26.2 Å². The van der Waals surface area contributed by atoms with Crippen LogP contribution in [-0.2, 0) is 19.6 Å². The molecule has 3 saturated carbocycles. The number of nitrogens with zero attached hydrogens (tertiary/aromatic N) is 2. The average molecular weight is 435 g/mol. The Morgan fingerprint density at radius 3 is 2.07 bits per heavy atom. The van der Waals surface area contributed by atoms with Crippen LogP contribution in [0.3, 0.4) is 0 Å². The minimum atomic E-state index is -3.62. The van der Waals surface area contributed by atoms with Gasteiger partial charge in [0.1, 0.15) is 0 Å². The summed E-state index contributed by atoms with van der Waals surface area (Å²) in [5.41, 5.74) is 1.60. The summed E-state index contributed by atoms with van der Waals surface area (Å²) in [4.78, 5) is 27.2. The number of carboxylic acids is 1. The van der Waals surface area contributed by atoms with Crippen LogP contribution in [0.25, 0.3) is 0 Å². The van der Waals surface area contributed by atoms with Crippen molar-refractivity contribution in [3.63, 3.8) is 0 Å². The van der Waals surface area contributed by atoms with Gasteiger partial charge in [0.2, 0.25) is 15.9 Å². The Bertz CT molecular complexity index is 944. The first kappa shape index (κ1) is 21.3. The third kappa shape index (κ3) is 3.64. The highest BCUT2D eigenvalue weighted by Gasteiger charge is 2.51. The number of sulfonamides is 1. The summed E-state index contributed by atoms with van der Waals surface area (Å²) >= 11 is 0. The molecule has 2 atom stereocenters. The lowest BCUT2D eigenvalue weighted by Gasteiger charge is -2.48. The number of hydrogen-bond acceptors (Lipinski definition) is 4. The van der Waals surface area contributed by atoms with Crippen molar-refractivity contribution in [2.24, 2.45) is 23.7 Å². The van der Waals surface area contributed by atoms with Crippen LogP contribution < -0.4 is 0 Å². The van der Waals surface area contributed by atoms with E-state index in [0.29, 0.717) is 23.5 Å². The fraction of sp³-hybridized carbons (Fsp3) is 0.636. The van der Waals surface area contributed by atoms with E-state index in [0.717, 1.165) is 31.2 Å². The molecule has 1 N–H and O–H groups in total. The molecule has 1 aromatic carbocycles. The second-order valence-corrected chi connectivity index (χ2v) is 11.0. The molecule has 3 aliphatic carbocycles. The number of fused-ring (bicyclic) bond motifs is 3. The number of aryl methyl sites for hydroxylation is 2. The molecular weight excluding hydrogens is 404 g/mol. The van der Waals surface area contributed by atoms with Crippen molar-refractivity contribution in [2.45, 2.75) is 44.4 Å². The number of amides is 1. The van der Waals surface area contributed by atoms with Crippen molar-refractivity contribution in [3.8, 4) is 0 Å². The van der Waals surface area contributed by atoms with Crippen LogP contribution in [0.2, 0.25) is 0 Å². The van der Waals surface area contributed by atoms with Gasteiger partial charge in [0.15, 0.2) is 0 Å². The van der Waals surface area contributed by atoms with Crippen LogP contribution in [0.4, 0.5) is 0 Å². The molecule has 164 valence electrons. The maximum absolute atomic E-state index is 13.3. The van der Waals surface area contributed by atoms with Crippen LogP contribution in [0.5, 0.6) is 0 Å². The molecule has 0 spiro atoms. The SMILES string of the molecule is Cc1ccc(C)c(S(=O)(=O)N2CCN(C(=O)[C@H]3C4CCC(CC4)[C@@H]3C(=O)O)CC2)c1. The standard InChI is InChI=1S/C22H30N2O5S/c1-14-3-4-15(2)18(13-14)30(28,29)24-11-9-23(10-12-24)21(25)19-16-5-7-17(8-6-16)20(19)22(26)27/h3-4,13,16-17,19-20H,5-12H2,1-2H3,(H,26,27)/t16?,17?,19-,20-/m0/s1. The number of benzene rings is 1. The van der Waals surface area contributed by atoms with Crippen LogP contribution >= 0.6 is 0 Å². The minimum absolute atomic E-state index is 0.0902. The van der Waals surface area contributed by atoms with Crippen molar-refractivity contribution < 1.29 is 23.1 Å². The number of carboxylic acid groups (broad SMARTS) is 1. The maximum Gasteiger partial charge on any atom is 0.307 e. The van der Waals surface area contributed by atoms with Crippen LogP contribution in [0.1, 0.15) is 36.8 Å². The van der Waals surface area contributed by atoms with Gasteiger partial charge in [-0.15, -0.1) is 0 Å². The van der Waals surface area contributed by atoms with Gasteiger partial charge in [0, 0.05) is 26.2 Å². The van der Waals surface area contributed by atoms with Crippen molar-refractivity contribution in [1.82, 2.24) is 9.21 Å². The van der Waals surface area contributed by atoms with Crippen molar-refractivity contribution >= 4 is 21.9 Å². The highest BCUT2D eigenvalue weighted by Crippen LogP contribution is 2.49. The number of hydrogen-bond donors (Lipinski definition) is 1. The van der Waals surface area contributed by atoms with E-state index in [-0.39, 0.29) is 30.8 Å². The van der Waals surface area contributed by atoms with Gasteiger partial charge in [0.25, 0.3) is 0 Å². The first-order chi connectivity index (χ1) is 14.2. The Kier molecular flexibility index (Phi) is 5.66. The third-order valence-corrected chi connectivity index (χ3v) is 9.34. The predicted molar refractivity (Wildman–Crippen MR) is 111 cm³/mol. The molecule has 4 fully saturated rings. The third-order valence-electron chi connectivity index (χ3n) is 7.30. The fourth-order valence-corrected chi connectivity index (χ4v) is 7.38. The van der Waals surface area contributed by atoms with Crippen LogP contribution in [0, 0.1) is 37.5 Å². The second kappa shape index (κ2) is 7.96. The van der Waals surface area contributed by atoms with E-state index in [1.165, 1.54) is 4.31 Å². The minimum Gasteiger partial charge on any atom is -0.481 e. The van der Waals surface area contributed by atoms with E-state index in [4.69, 9.17) is 0 Å². The second-order valence-electron chi connectivity index (χ2n) is 9.06. The topological polar surface area (TPSA) is 95.0 Å². The van der Waals surface area contributed by atoms with E-state index in [2.05, 4.69) is 0 Å². The van der Waals surface area contributed by atoms with Gasteiger partial charge in [-0.1, -0.05) is 12.1 Å². The Hall–Kier alpha value is -1.93. The Balaban J connectivity index is 1.47. The van der Waals surface area contributed by atoms with Gasteiger partial charge in [-0.3, -0.25) is 9.59 Å². The molecule has 0 aromatic heterocycles. The quantitative estimate of drug-likeness (QED) is 0.784. The van der Waals surface area contributed by atoms with Gasteiger partial charge in [-0.25, -0.2) is 8.42 Å². The number of piperazine rings is 1. The normalized spacial score (nSPS) is 29.7. The molecule has 30 heavy (non-hydrogen) atoms. The molecule has 7 nitrogen and oxygen atoms in total. The molecule has 4 aliphatic rings. The summed E-state index contributed by atoms with van der Waals surface area (Å²) in [7, 11) is -3.62. The molecule has 1 saturated heterocycles. The summed E-state index contributed by atoms with van der Waals surface area (Å²) in [6.45, 7) is 4.74. The van der Waals surface area contributed by atoms with Crippen LogP contribution in [0.15, 0.2) is 23.1 Å². The van der Waals surface area contributed by atoms with Gasteiger partial charge < -0.3 is 10.0 Å². The summed E-state index contributed by atoms with van der Waals surface area (Å²) in [5.74, 6) is -1.79. The molecular formula is C22H30N2O5S. The van der Waals surface area contributed by atoms with Gasteiger partial charge >= 0.3 is 5.97 Å². The summed E-state index contributed by atoms with van der Waals surface area (Å²) in [5, 5.41) is 9.74. The first-order valence-corrected chi connectivity index (χ1v) is 12.2. The lowest BCUT2D eigenvalue weighted by molar-refractivity contribution is -0.162. The number of carbonyl (C=O) groups excluding carboxylic acids is 1. The van der Waals surface area contributed by atoms with Gasteiger partial charge in [-0.2, -0.15) is 4.31 Å². The molecule has 1 aromatic rings. The number of rotatable bonds is 4. The van der Waals surface area contributed by atoms with E-state index < -0.39 is 27.8 Å². The lowest BCUT2D eigenvalue weighted by Crippen LogP contribution is -2.56. The van der Waals surface area contributed by atoms with Crippen molar-refractivity contribution in [3.05, 3.63) is 29.3 Å². The zero-order valence-electron chi connectivity index (χ0n) is 17.6. The van der Waals surface area contributed by atoms with E-state index in [1.54, 1.807) is 17.9 Å². The summed E-state index contributed by atoms with van der Waals surface area (Å²) in [6.07, 6.45) is 3.64. The molecule has 8 heteroatoms. The smallest absolute Gasteiger partial charge is 0.307 e. The highest BCUT2D eigenvalue weighted by atomic mass is 32.2. The summed E-state index contributed by atoms with van der Waals surface area (Å²) in [6, 6.07) is 5.40. The Labute approximate surface area is 178 Å². The Morgan fingerprint density at radius 1 is 0.933 bits per heavy atom. The summed E-state index contributed by atoms with van der Waals surface area (Å²) < 4.78 is 27.7. The van der Waals surface area contributed by atoms with Crippen molar-refractivity contribution in [1.29, 1.82) is 0 Å².